The third kappa shape index (κ3) is 7.73. The number of carbonyl (C=O) groups excluding carboxylic acids is 1. The van der Waals surface area contributed by atoms with E-state index in [9.17, 15) is 18.0 Å². The van der Waals surface area contributed by atoms with Gasteiger partial charge in [-0.2, -0.15) is 13.2 Å². The maximum absolute atomic E-state index is 13.5. The fraction of sp³-hybridized carbons (Fsp3) is 0.406. The Hall–Kier alpha value is -3.72. The van der Waals surface area contributed by atoms with E-state index in [-0.39, 0.29) is 11.9 Å². The highest BCUT2D eigenvalue weighted by atomic mass is 19.4. The lowest BCUT2D eigenvalue weighted by molar-refractivity contribution is -0.137. The van der Waals surface area contributed by atoms with Crippen molar-refractivity contribution in [2.24, 2.45) is 0 Å². The molecule has 216 valence electrons. The maximum atomic E-state index is 13.5. The number of piperidine rings is 1. The molecule has 1 N–H and O–H groups in total. The van der Waals surface area contributed by atoms with E-state index in [4.69, 9.17) is 0 Å². The van der Waals surface area contributed by atoms with E-state index in [1.807, 2.05) is 36.1 Å². The average Bonchev–Trinajstić information content (AvgIpc) is 3.51. The van der Waals surface area contributed by atoms with Gasteiger partial charge in [-0.25, -0.2) is 0 Å². The summed E-state index contributed by atoms with van der Waals surface area (Å²) in [5, 5.41) is 3.32. The number of pyridine rings is 2. The number of rotatable bonds is 8. The van der Waals surface area contributed by atoms with Crippen LogP contribution in [0.2, 0.25) is 0 Å². The summed E-state index contributed by atoms with van der Waals surface area (Å²) in [4.78, 5) is 26.8. The van der Waals surface area contributed by atoms with Crippen LogP contribution in [0, 0.1) is 6.92 Å². The highest BCUT2D eigenvalue weighted by Crippen LogP contribution is 2.30. The number of carbonyl (C=O) groups is 1. The molecule has 0 unspecified atom stereocenters. The minimum absolute atomic E-state index is 0.0665. The summed E-state index contributed by atoms with van der Waals surface area (Å²) in [5.41, 5.74) is 3.28. The molecule has 1 saturated heterocycles. The molecule has 1 saturated carbocycles. The van der Waals surface area contributed by atoms with Gasteiger partial charge in [0.15, 0.2) is 0 Å². The Morgan fingerprint density at radius 2 is 1.73 bits per heavy atom. The smallest absolute Gasteiger partial charge is 0.354 e. The maximum Gasteiger partial charge on any atom is 0.416 e. The van der Waals surface area contributed by atoms with Crippen LogP contribution in [0.4, 0.5) is 24.5 Å². The van der Waals surface area contributed by atoms with E-state index < -0.39 is 11.7 Å². The molecule has 2 aliphatic rings. The van der Waals surface area contributed by atoms with Gasteiger partial charge in [0, 0.05) is 48.8 Å². The number of aryl methyl sites for hydroxylation is 1. The molecule has 5 rings (SSSR count). The molecule has 1 aromatic carbocycles. The summed E-state index contributed by atoms with van der Waals surface area (Å²) < 4.78 is 38.8. The lowest BCUT2D eigenvalue weighted by Gasteiger charge is -2.40. The van der Waals surface area contributed by atoms with Crippen LogP contribution in [0.1, 0.15) is 61.0 Å². The number of halogens is 3. The molecule has 3 heterocycles. The number of anilines is 2. The van der Waals surface area contributed by atoms with Crippen molar-refractivity contribution < 1.29 is 18.0 Å². The fourth-order valence-electron chi connectivity index (χ4n) is 5.82. The topological polar surface area (TPSA) is 61.4 Å². The van der Waals surface area contributed by atoms with E-state index in [2.05, 4.69) is 20.2 Å². The van der Waals surface area contributed by atoms with Crippen LogP contribution in [0.25, 0.3) is 6.08 Å². The number of nitrogens with zero attached hydrogens (tertiary/aromatic N) is 4. The lowest BCUT2D eigenvalue weighted by Crippen LogP contribution is -2.48. The number of hydrogen-bond acceptors (Lipinski definition) is 5. The number of aromatic nitrogens is 2. The summed E-state index contributed by atoms with van der Waals surface area (Å²) in [6.07, 6.45) is 9.04. The predicted molar refractivity (Wildman–Crippen MR) is 154 cm³/mol. The number of likely N-dealkylation sites (tertiary alicyclic amines) is 1. The van der Waals surface area contributed by atoms with Crippen LogP contribution in [0.15, 0.2) is 67.0 Å². The summed E-state index contributed by atoms with van der Waals surface area (Å²) >= 11 is 0. The van der Waals surface area contributed by atoms with Gasteiger partial charge in [-0.15, -0.1) is 0 Å². The van der Waals surface area contributed by atoms with Crippen LogP contribution < -0.4 is 5.32 Å². The first-order valence-corrected chi connectivity index (χ1v) is 14.3. The van der Waals surface area contributed by atoms with Crippen molar-refractivity contribution in [1.29, 1.82) is 0 Å². The first-order chi connectivity index (χ1) is 19.7. The molecular weight excluding hydrogens is 527 g/mol. The molecule has 0 spiro atoms. The predicted octanol–water partition coefficient (Wildman–Crippen LogP) is 7.00. The quantitative estimate of drug-likeness (QED) is 0.299. The van der Waals surface area contributed by atoms with Gasteiger partial charge in [0.25, 0.3) is 0 Å². The monoisotopic (exact) mass is 563 g/mol. The number of benzene rings is 1. The number of alkyl halides is 3. The Balaban J connectivity index is 1.28. The van der Waals surface area contributed by atoms with Crippen molar-refractivity contribution in [2.75, 3.05) is 18.4 Å². The van der Waals surface area contributed by atoms with Crippen LogP contribution in [0.5, 0.6) is 0 Å². The minimum atomic E-state index is -4.39. The van der Waals surface area contributed by atoms with Crippen molar-refractivity contribution in [1.82, 2.24) is 19.8 Å². The van der Waals surface area contributed by atoms with Crippen molar-refractivity contribution in [3.05, 3.63) is 89.5 Å². The van der Waals surface area contributed by atoms with Gasteiger partial charge in [-0.05, 0) is 80.6 Å². The highest BCUT2D eigenvalue weighted by molar-refractivity contribution is 5.92. The third-order valence-corrected chi connectivity index (χ3v) is 8.06. The van der Waals surface area contributed by atoms with Gasteiger partial charge in [0.1, 0.15) is 0 Å². The molecular formula is C32H36F3N5O. The molecule has 2 fully saturated rings. The Kier molecular flexibility index (Phi) is 9.03. The Bertz CT molecular complexity index is 1330. The summed E-state index contributed by atoms with van der Waals surface area (Å²) in [6, 6.07) is 13.3. The first kappa shape index (κ1) is 28.8. The molecule has 41 heavy (non-hydrogen) atoms. The standard InChI is InChI=1S/C32H36F3N5O/c1-23-20-26(14-17-36-23)38-27-11-12-28(37-21-27)22-40(30-15-18-39(19-16-30)29-4-2-3-5-29)31(41)13-8-24-6-9-25(10-7-24)32(33,34)35/h6-14,17,20-21,29-30H,2-5,15-16,18-19,22H2,1H3,(H,36,38). The molecule has 1 amide bonds. The Labute approximate surface area is 239 Å². The van der Waals surface area contributed by atoms with E-state index >= 15 is 0 Å². The molecule has 1 aliphatic carbocycles. The first-order valence-electron chi connectivity index (χ1n) is 14.3. The van der Waals surface area contributed by atoms with Crippen molar-refractivity contribution in [3.8, 4) is 0 Å². The van der Waals surface area contributed by atoms with Gasteiger partial charge >= 0.3 is 6.18 Å². The molecule has 0 radical (unpaired) electrons. The zero-order chi connectivity index (χ0) is 28.8. The number of nitrogens with one attached hydrogen (secondary N) is 1. The minimum Gasteiger partial charge on any atom is -0.354 e. The van der Waals surface area contributed by atoms with Crippen molar-refractivity contribution >= 4 is 23.4 Å². The molecule has 0 atom stereocenters. The van der Waals surface area contributed by atoms with Gasteiger partial charge < -0.3 is 15.1 Å². The van der Waals surface area contributed by atoms with Crippen LogP contribution in [-0.2, 0) is 17.5 Å². The average molecular weight is 564 g/mol. The molecule has 2 aromatic heterocycles. The van der Waals surface area contributed by atoms with Crippen molar-refractivity contribution in [2.45, 2.75) is 70.3 Å². The normalized spacial score (nSPS) is 17.3. The largest absolute Gasteiger partial charge is 0.416 e. The van der Waals surface area contributed by atoms with Crippen LogP contribution >= 0.6 is 0 Å². The van der Waals surface area contributed by atoms with E-state index in [0.717, 1.165) is 60.8 Å². The number of hydrogen-bond donors (Lipinski definition) is 1. The second-order valence-corrected chi connectivity index (χ2v) is 11.0. The van der Waals surface area contributed by atoms with Gasteiger partial charge in [0.2, 0.25) is 5.91 Å². The zero-order valence-corrected chi connectivity index (χ0v) is 23.3. The van der Waals surface area contributed by atoms with E-state index in [1.165, 1.54) is 43.9 Å². The fourth-order valence-corrected chi connectivity index (χ4v) is 5.82. The summed E-state index contributed by atoms with van der Waals surface area (Å²) in [7, 11) is 0. The van der Waals surface area contributed by atoms with Gasteiger partial charge in [0.05, 0.1) is 29.7 Å². The van der Waals surface area contributed by atoms with Crippen LogP contribution in [-0.4, -0.2) is 50.8 Å². The second kappa shape index (κ2) is 12.9. The SMILES string of the molecule is Cc1cc(Nc2ccc(CN(C(=O)C=Cc3ccc(C(F)(F)F)cc3)C3CCN(C4CCCC4)CC3)nc2)ccn1. The molecule has 3 aromatic rings. The lowest BCUT2D eigenvalue weighted by atomic mass is 10.00. The van der Waals surface area contributed by atoms with Gasteiger partial charge in [-0.3, -0.25) is 14.8 Å². The zero-order valence-electron chi connectivity index (χ0n) is 23.3. The second-order valence-electron chi connectivity index (χ2n) is 11.0. The molecule has 1 aliphatic heterocycles. The van der Waals surface area contributed by atoms with Gasteiger partial charge in [-0.1, -0.05) is 25.0 Å². The van der Waals surface area contributed by atoms with Crippen LogP contribution in [0.3, 0.4) is 0 Å². The molecule has 0 bridgehead atoms. The number of amides is 1. The Morgan fingerprint density at radius 3 is 2.37 bits per heavy atom. The van der Waals surface area contributed by atoms with E-state index in [1.54, 1.807) is 18.5 Å². The molecule has 6 nitrogen and oxygen atoms in total. The molecule has 9 heteroatoms. The summed E-state index contributed by atoms with van der Waals surface area (Å²) in [6.45, 7) is 4.22. The van der Waals surface area contributed by atoms with Crippen molar-refractivity contribution in [3.63, 3.8) is 0 Å². The van der Waals surface area contributed by atoms with E-state index in [0.29, 0.717) is 18.2 Å². The third-order valence-electron chi connectivity index (χ3n) is 8.06. The Morgan fingerprint density at radius 1 is 1.00 bits per heavy atom. The summed E-state index contributed by atoms with van der Waals surface area (Å²) in [5.74, 6) is -0.166. The highest BCUT2D eigenvalue weighted by Gasteiger charge is 2.32.